The first-order chi connectivity index (χ1) is 12.9. The number of aliphatic hydroxyl groups excluding tert-OH is 2. The van der Waals surface area contributed by atoms with Gasteiger partial charge >= 0.3 is 0 Å². The minimum Gasteiger partial charge on any atom is -0.396 e. The van der Waals surface area contributed by atoms with E-state index in [4.69, 9.17) is 10.2 Å². The first kappa shape index (κ1) is 20.5. The highest BCUT2D eigenvalue weighted by Gasteiger charge is 2.46. The maximum Gasteiger partial charge on any atom is 0.222 e. The van der Waals surface area contributed by atoms with Gasteiger partial charge in [-0.15, -0.1) is 11.8 Å². The Morgan fingerprint density at radius 2 is 1.89 bits per heavy atom. The van der Waals surface area contributed by atoms with Crippen molar-refractivity contribution in [3.05, 3.63) is 24.3 Å². The molecule has 1 unspecified atom stereocenters. The molecular weight excluding hydrogens is 360 g/mol. The second-order valence-corrected chi connectivity index (χ2v) is 9.59. The number of hydrogen-bond acceptors (Lipinski definition) is 5. The van der Waals surface area contributed by atoms with E-state index in [2.05, 4.69) is 43.0 Å². The molecule has 0 aromatic heterocycles. The maximum atomic E-state index is 12.6. The number of piperidine rings is 1. The van der Waals surface area contributed by atoms with Crippen LogP contribution in [-0.2, 0) is 4.79 Å². The molecule has 3 fully saturated rings. The maximum absolute atomic E-state index is 12.6. The van der Waals surface area contributed by atoms with Crippen LogP contribution in [0.15, 0.2) is 29.2 Å². The second-order valence-electron chi connectivity index (χ2n) is 8.42. The van der Waals surface area contributed by atoms with Crippen molar-refractivity contribution in [3.63, 3.8) is 0 Å². The topological polar surface area (TPSA) is 64.0 Å². The van der Waals surface area contributed by atoms with Crippen LogP contribution in [0.3, 0.4) is 0 Å². The lowest BCUT2D eigenvalue weighted by molar-refractivity contribution is -0.131. The summed E-state index contributed by atoms with van der Waals surface area (Å²) in [6, 6.07) is 8.91. The van der Waals surface area contributed by atoms with E-state index >= 15 is 0 Å². The van der Waals surface area contributed by atoms with Gasteiger partial charge in [-0.25, -0.2) is 0 Å². The summed E-state index contributed by atoms with van der Waals surface area (Å²) in [5.74, 6) is 1.36. The summed E-state index contributed by atoms with van der Waals surface area (Å²) in [4.78, 5) is 18.3. The Morgan fingerprint density at radius 1 is 1.15 bits per heavy atom. The molecule has 3 saturated heterocycles. The van der Waals surface area contributed by atoms with Crippen molar-refractivity contribution in [1.29, 1.82) is 0 Å². The molecule has 1 amide bonds. The summed E-state index contributed by atoms with van der Waals surface area (Å²) in [7, 11) is 0. The van der Waals surface area contributed by atoms with Crippen molar-refractivity contribution in [2.75, 3.05) is 43.5 Å². The Balaban J connectivity index is 1.78. The zero-order valence-electron chi connectivity index (χ0n) is 16.4. The molecule has 4 rings (SSSR count). The predicted molar refractivity (Wildman–Crippen MR) is 110 cm³/mol. The van der Waals surface area contributed by atoms with E-state index < -0.39 is 0 Å². The number of aliphatic hydroxyl groups is 2. The summed E-state index contributed by atoms with van der Waals surface area (Å²) in [6.07, 6.45) is 2.13. The Morgan fingerprint density at radius 3 is 2.56 bits per heavy atom. The molecule has 0 spiro atoms. The van der Waals surface area contributed by atoms with Crippen LogP contribution < -0.4 is 4.90 Å². The first-order valence-electron chi connectivity index (χ1n) is 9.93. The highest BCUT2D eigenvalue weighted by Crippen LogP contribution is 2.43. The monoisotopic (exact) mass is 392 g/mol. The minimum atomic E-state index is 0.0741. The number of hydrogen-bond donors (Lipinski definition) is 2. The van der Waals surface area contributed by atoms with Crippen molar-refractivity contribution >= 4 is 23.4 Å². The Kier molecular flexibility index (Phi) is 6.71. The Hall–Kier alpha value is -1.24. The van der Waals surface area contributed by atoms with E-state index in [9.17, 15) is 4.79 Å². The lowest BCUT2D eigenvalue weighted by Crippen LogP contribution is -2.54. The van der Waals surface area contributed by atoms with Crippen LogP contribution in [0.5, 0.6) is 0 Å². The standard InChI is InChI=1S/C21H32N2O3S/c1-21(2)12-16-13-22(20(26)4-3-9-24)15-19(21)23(14-16)17-5-7-18(8-6-17)27-11-10-25/h5-8,16,19,24-25H,3-4,9-15H2,1-2H3/t16?,19-/m1/s1. The van der Waals surface area contributed by atoms with Crippen molar-refractivity contribution in [2.45, 2.75) is 44.0 Å². The number of nitrogens with zero attached hydrogens (tertiary/aromatic N) is 2. The van der Waals surface area contributed by atoms with Crippen LogP contribution in [0.2, 0.25) is 0 Å². The van der Waals surface area contributed by atoms with Crippen molar-refractivity contribution in [3.8, 4) is 0 Å². The van der Waals surface area contributed by atoms with Gasteiger partial charge < -0.3 is 20.0 Å². The van der Waals surface area contributed by atoms with E-state index in [1.54, 1.807) is 11.8 Å². The number of rotatable bonds is 7. The molecule has 1 aromatic rings. The molecule has 2 bridgehead atoms. The van der Waals surface area contributed by atoms with Crippen LogP contribution in [-0.4, -0.2) is 65.7 Å². The molecule has 5 nitrogen and oxygen atoms in total. The summed E-state index contributed by atoms with van der Waals surface area (Å²) in [5.41, 5.74) is 1.37. The number of thioether (sulfide) groups is 1. The number of anilines is 1. The molecule has 0 saturated carbocycles. The van der Waals surface area contributed by atoms with Gasteiger partial charge in [-0.1, -0.05) is 13.8 Å². The molecule has 2 atom stereocenters. The SMILES string of the molecule is CC1(C)CC2CN(C(=O)CCCO)C[C@H]1N(c1ccc(SCCO)cc1)C2. The van der Waals surface area contributed by atoms with Crippen molar-refractivity contribution in [1.82, 2.24) is 4.90 Å². The fraction of sp³-hybridized carbons (Fsp3) is 0.667. The Labute approximate surface area is 166 Å². The third-order valence-corrected chi connectivity index (χ3v) is 6.84. The number of amides is 1. The molecule has 6 heteroatoms. The van der Waals surface area contributed by atoms with Gasteiger partial charge in [-0.2, -0.15) is 0 Å². The second kappa shape index (κ2) is 8.84. The molecule has 0 aliphatic carbocycles. The molecule has 1 aromatic carbocycles. The number of fused-ring (bicyclic) bond motifs is 4. The van der Waals surface area contributed by atoms with Gasteiger partial charge in [0.05, 0.1) is 12.6 Å². The quantitative estimate of drug-likeness (QED) is 0.699. The lowest BCUT2D eigenvalue weighted by atomic mass is 9.73. The van der Waals surface area contributed by atoms with Gasteiger partial charge in [0.25, 0.3) is 0 Å². The zero-order chi connectivity index (χ0) is 19.4. The minimum absolute atomic E-state index is 0.0741. The summed E-state index contributed by atoms with van der Waals surface area (Å²) in [5, 5.41) is 18.0. The fourth-order valence-electron chi connectivity index (χ4n) is 4.61. The molecule has 3 aliphatic rings. The van der Waals surface area contributed by atoms with Crippen LogP contribution in [0.1, 0.15) is 33.1 Å². The van der Waals surface area contributed by atoms with E-state index in [1.165, 1.54) is 10.6 Å². The van der Waals surface area contributed by atoms with E-state index in [0.717, 1.165) is 26.1 Å². The summed E-state index contributed by atoms with van der Waals surface area (Å²) >= 11 is 1.67. The largest absolute Gasteiger partial charge is 0.396 e. The van der Waals surface area contributed by atoms with Gasteiger partial charge in [0.1, 0.15) is 0 Å². The molecule has 27 heavy (non-hydrogen) atoms. The van der Waals surface area contributed by atoms with E-state index in [1.807, 2.05) is 4.90 Å². The highest BCUT2D eigenvalue weighted by molar-refractivity contribution is 7.99. The summed E-state index contributed by atoms with van der Waals surface area (Å²) < 4.78 is 0. The van der Waals surface area contributed by atoms with Crippen LogP contribution in [0.25, 0.3) is 0 Å². The normalized spacial score (nSPS) is 24.1. The van der Waals surface area contributed by atoms with Crippen LogP contribution in [0, 0.1) is 11.3 Å². The highest BCUT2D eigenvalue weighted by atomic mass is 32.2. The average molecular weight is 393 g/mol. The molecule has 0 radical (unpaired) electrons. The van der Waals surface area contributed by atoms with Gasteiger partial charge in [0, 0.05) is 49.0 Å². The van der Waals surface area contributed by atoms with Gasteiger partial charge in [0.2, 0.25) is 5.91 Å². The third kappa shape index (κ3) is 4.79. The molecule has 150 valence electrons. The van der Waals surface area contributed by atoms with Gasteiger partial charge in [-0.05, 0) is 48.4 Å². The van der Waals surface area contributed by atoms with Crippen molar-refractivity contribution < 1.29 is 15.0 Å². The van der Waals surface area contributed by atoms with E-state index in [-0.39, 0.29) is 24.5 Å². The Bertz CT molecular complexity index is 635. The van der Waals surface area contributed by atoms with E-state index in [0.29, 0.717) is 30.6 Å². The first-order valence-corrected chi connectivity index (χ1v) is 10.9. The lowest BCUT2D eigenvalue weighted by Gasteiger charge is -2.48. The van der Waals surface area contributed by atoms with Crippen LogP contribution >= 0.6 is 11.8 Å². The number of benzene rings is 1. The summed E-state index contributed by atoms with van der Waals surface area (Å²) in [6.45, 7) is 7.48. The van der Waals surface area contributed by atoms with Gasteiger partial charge in [-0.3, -0.25) is 4.79 Å². The number of carbonyl (C=O) groups excluding carboxylic acids is 1. The third-order valence-electron chi connectivity index (χ3n) is 5.85. The van der Waals surface area contributed by atoms with Crippen molar-refractivity contribution in [2.24, 2.45) is 11.3 Å². The molecule has 2 N–H and O–H groups in total. The zero-order valence-corrected chi connectivity index (χ0v) is 17.2. The average Bonchev–Trinajstić information content (AvgIpc) is 2.92. The smallest absolute Gasteiger partial charge is 0.222 e. The molecule has 3 heterocycles. The molecule has 3 aliphatic heterocycles. The van der Waals surface area contributed by atoms with Crippen LogP contribution in [0.4, 0.5) is 5.69 Å². The fourth-order valence-corrected chi connectivity index (χ4v) is 5.27. The molecular formula is C21H32N2O3S. The number of carbonyl (C=O) groups is 1. The van der Waals surface area contributed by atoms with Gasteiger partial charge in [0.15, 0.2) is 0 Å². The predicted octanol–water partition coefficient (Wildman–Crippen LogP) is 2.61.